The van der Waals surface area contributed by atoms with E-state index in [1.807, 2.05) is 0 Å². The number of rotatable bonds is 20. The van der Waals surface area contributed by atoms with Gasteiger partial charge in [0.05, 0.1) is 38.5 Å². The first-order chi connectivity index (χ1) is 18.0. The third kappa shape index (κ3) is 11.7. The van der Waals surface area contributed by atoms with E-state index in [1.54, 1.807) is 0 Å². The molecule has 1 aromatic heterocycles. The number of nitrogens with zero attached hydrogens (tertiary/aromatic N) is 3. The van der Waals surface area contributed by atoms with Crippen LogP contribution >= 0.6 is 11.7 Å². The van der Waals surface area contributed by atoms with Crippen molar-refractivity contribution in [3.63, 3.8) is 0 Å². The highest BCUT2D eigenvalue weighted by Gasteiger charge is 2.38. The van der Waals surface area contributed by atoms with E-state index in [-0.39, 0.29) is 6.23 Å². The van der Waals surface area contributed by atoms with E-state index in [9.17, 15) is 4.79 Å². The van der Waals surface area contributed by atoms with Crippen LogP contribution in [0.1, 0.15) is 123 Å². The zero-order valence-corrected chi connectivity index (χ0v) is 24.8. The minimum absolute atomic E-state index is 0.260. The Bertz CT molecular complexity index is 785. The van der Waals surface area contributed by atoms with E-state index in [2.05, 4.69) is 42.6 Å². The van der Waals surface area contributed by atoms with Gasteiger partial charge >= 0.3 is 6.16 Å². The largest absolute Gasteiger partial charge is 0.512 e. The third-order valence-electron chi connectivity index (χ3n) is 7.31. The molecule has 0 saturated carbocycles. The predicted octanol–water partition coefficient (Wildman–Crippen LogP) is 8.15. The molecule has 0 fully saturated rings. The van der Waals surface area contributed by atoms with Gasteiger partial charge in [-0.15, -0.1) is 4.37 Å². The normalized spacial score (nSPS) is 18.3. The van der Waals surface area contributed by atoms with E-state index in [0.29, 0.717) is 23.6 Å². The molecule has 7 nitrogen and oxygen atoms in total. The summed E-state index contributed by atoms with van der Waals surface area (Å²) in [4.78, 5) is 12.5. The van der Waals surface area contributed by atoms with Crippen molar-refractivity contribution in [3.8, 4) is 5.88 Å². The maximum absolute atomic E-state index is 12.5. The number of ether oxygens (including phenoxy) is 3. The van der Waals surface area contributed by atoms with Crippen LogP contribution in [-0.2, 0) is 9.47 Å². The number of aromatic nitrogens is 2. The van der Waals surface area contributed by atoms with E-state index in [1.165, 1.54) is 75.9 Å². The molecule has 2 heterocycles. The van der Waals surface area contributed by atoms with Crippen molar-refractivity contribution in [2.75, 3.05) is 33.4 Å². The molecule has 8 heteroatoms. The molecule has 0 N–H and O–H groups in total. The zero-order chi connectivity index (χ0) is 26.8. The van der Waals surface area contributed by atoms with Crippen LogP contribution < -0.4 is 4.74 Å². The molecule has 1 aliphatic heterocycles. The lowest BCUT2D eigenvalue weighted by Crippen LogP contribution is -2.56. The van der Waals surface area contributed by atoms with Crippen LogP contribution in [0.2, 0.25) is 0 Å². The smallest absolute Gasteiger partial charge is 0.475 e. The first-order valence-corrected chi connectivity index (χ1v) is 15.6. The van der Waals surface area contributed by atoms with Gasteiger partial charge in [0.2, 0.25) is 6.23 Å². The Balaban J connectivity index is 1.75. The predicted molar refractivity (Wildman–Crippen MR) is 152 cm³/mol. The van der Waals surface area contributed by atoms with Gasteiger partial charge in [0, 0.05) is 18.4 Å². The van der Waals surface area contributed by atoms with Crippen LogP contribution in [0, 0.1) is 0 Å². The van der Waals surface area contributed by atoms with Gasteiger partial charge in [-0.2, -0.15) is 4.37 Å². The molecule has 2 unspecified atom stereocenters. The molecule has 0 aliphatic carbocycles. The van der Waals surface area contributed by atoms with Crippen molar-refractivity contribution < 1.29 is 23.5 Å². The van der Waals surface area contributed by atoms with Crippen LogP contribution in [0.15, 0.2) is 6.08 Å². The molecule has 0 amide bonds. The second-order valence-corrected chi connectivity index (χ2v) is 11.1. The van der Waals surface area contributed by atoms with Gasteiger partial charge in [-0.25, -0.2) is 4.79 Å². The molecule has 0 bridgehead atoms. The molecule has 0 aromatic carbocycles. The molecule has 1 aliphatic rings. The van der Waals surface area contributed by atoms with Gasteiger partial charge in [0.25, 0.3) is 5.88 Å². The number of hydrogen-bond acceptors (Lipinski definition) is 7. The molecular weight excluding hydrogens is 486 g/mol. The van der Waals surface area contributed by atoms with Gasteiger partial charge in [-0.05, 0) is 12.8 Å². The molecule has 1 aromatic rings. The molecule has 0 radical (unpaired) electrons. The molecule has 2 rings (SSSR count). The van der Waals surface area contributed by atoms with Crippen LogP contribution in [0.3, 0.4) is 0 Å². The molecular formula is C29H52N3O4S+. The third-order valence-corrected chi connectivity index (χ3v) is 7.82. The maximum atomic E-state index is 12.5. The first kappa shape index (κ1) is 31.5. The Hall–Kier alpha value is -1.67. The SMILES string of the molecule is CCCCCCCCCCCOC(=O)OC(CC)[N+]1(C)CCC=C(c2nsnc2OCCCCCC)C1. The summed E-state index contributed by atoms with van der Waals surface area (Å²) >= 11 is 1.20. The van der Waals surface area contributed by atoms with Crippen molar-refractivity contribution >= 4 is 23.5 Å². The van der Waals surface area contributed by atoms with Gasteiger partial charge in [-0.1, -0.05) is 97.5 Å². The van der Waals surface area contributed by atoms with Gasteiger partial charge < -0.3 is 14.2 Å². The van der Waals surface area contributed by atoms with Crippen molar-refractivity contribution in [1.29, 1.82) is 0 Å². The van der Waals surface area contributed by atoms with Gasteiger partial charge in [-0.3, -0.25) is 4.48 Å². The van der Waals surface area contributed by atoms with Gasteiger partial charge in [0.1, 0.15) is 12.2 Å². The minimum atomic E-state index is -0.548. The Morgan fingerprint density at radius 3 is 2.22 bits per heavy atom. The summed E-state index contributed by atoms with van der Waals surface area (Å²) in [5.74, 6) is 0.635. The summed E-state index contributed by atoms with van der Waals surface area (Å²) in [6.45, 7) is 9.25. The summed E-state index contributed by atoms with van der Waals surface area (Å²) < 4.78 is 26.8. The highest BCUT2D eigenvalue weighted by atomic mass is 32.1. The number of unbranched alkanes of at least 4 members (excludes halogenated alkanes) is 11. The number of quaternary nitrogens is 1. The molecule has 0 spiro atoms. The molecule has 212 valence electrons. The summed E-state index contributed by atoms with van der Waals surface area (Å²) in [5, 5.41) is 0. The fourth-order valence-electron chi connectivity index (χ4n) is 5.02. The first-order valence-electron chi connectivity index (χ1n) is 14.9. The monoisotopic (exact) mass is 538 g/mol. The van der Waals surface area contributed by atoms with E-state index >= 15 is 0 Å². The van der Waals surface area contributed by atoms with Crippen LogP contribution in [0.25, 0.3) is 5.57 Å². The van der Waals surface area contributed by atoms with Gasteiger partial charge in [0.15, 0.2) is 0 Å². The molecule has 37 heavy (non-hydrogen) atoms. The fraction of sp³-hybridized carbons (Fsp3) is 0.828. The Morgan fingerprint density at radius 2 is 1.54 bits per heavy atom. The standard InChI is InChI=1S/C29H52N3O4S/c1-5-8-10-12-13-14-15-16-18-23-35-29(33)36-26(7-3)32(4)21-19-20-25(24-32)27-28(31-37-30-27)34-22-17-11-9-6-2/h20,26H,5-19,21-24H2,1-4H3/q+1. The second kappa shape index (κ2) is 18.6. The molecule has 0 saturated heterocycles. The van der Waals surface area contributed by atoms with Crippen LogP contribution in [-0.4, -0.2) is 59.0 Å². The number of hydrogen-bond donors (Lipinski definition) is 0. The van der Waals surface area contributed by atoms with Crippen molar-refractivity contribution in [1.82, 2.24) is 8.75 Å². The second-order valence-electron chi connectivity index (χ2n) is 10.6. The lowest BCUT2D eigenvalue weighted by atomic mass is 10.0. The van der Waals surface area contributed by atoms with E-state index in [4.69, 9.17) is 14.2 Å². The highest BCUT2D eigenvalue weighted by Crippen LogP contribution is 2.32. The Labute approximate surface area is 229 Å². The maximum Gasteiger partial charge on any atom is 0.512 e. The van der Waals surface area contributed by atoms with Crippen molar-refractivity contribution in [2.45, 2.75) is 123 Å². The minimum Gasteiger partial charge on any atom is -0.475 e. The zero-order valence-electron chi connectivity index (χ0n) is 24.0. The highest BCUT2D eigenvalue weighted by molar-refractivity contribution is 6.99. The summed E-state index contributed by atoms with van der Waals surface area (Å²) in [6, 6.07) is 0. The average molecular weight is 539 g/mol. The van der Waals surface area contributed by atoms with E-state index in [0.717, 1.165) is 56.5 Å². The Kier molecular flexibility index (Phi) is 15.8. The Morgan fingerprint density at radius 1 is 0.919 bits per heavy atom. The summed E-state index contributed by atoms with van der Waals surface area (Å²) in [5.41, 5.74) is 1.96. The summed E-state index contributed by atoms with van der Waals surface area (Å²) in [6.07, 6.45) is 18.8. The number of likely N-dealkylation sites (N-methyl/N-ethyl adjacent to an activating group) is 1. The lowest BCUT2D eigenvalue weighted by molar-refractivity contribution is -0.947. The number of carbonyl (C=O) groups is 1. The topological polar surface area (TPSA) is 70.5 Å². The van der Waals surface area contributed by atoms with Crippen LogP contribution in [0.4, 0.5) is 4.79 Å². The molecule has 2 atom stereocenters. The summed E-state index contributed by atoms with van der Waals surface area (Å²) in [7, 11) is 2.15. The van der Waals surface area contributed by atoms with Crippen LogP contribution in [0.5, 0.6) is 5.88 Å². The quantitative estimate of drug-likeness (QED) is 0.0947. The van der Waals surface area contributed by atoms with E-state index < -0.39 is 6.16 Å². The van der Waals surface area contributed by atoms with Crippen molar-refractivity contribution in [3.05, 3.63) is 11.8 Å². The fourth-order valence-corrected chi connectivity index (χ4v) is 5.55. The lowest BCUT2D eigenvalue weighted by Gasteiger charge is -2.42. The average Bonchev–Trinajstić information content (AvgIpc) is 3.37. The number of carbonyl (C=O) groups excluding carboxylic acids is 1. The van der Waals surface area contributed by atoms with Crippen molar-refractivity contribution in [2.24, 2.45) is 0 Å².